The first-order chi connectivity index (χ1) is 12.2. The van der Waals surface area contributed by atoms with Gasteiger partial charge in [0.1, 0.15) is 0 Å². The summed E-state index contributed by atoms with van der Waals surface area (Å²) < 4.78 is 1.84. The highest BCUT2D eigenvalue weighted by molar-refractivity contribution is 5.79. The Morgan fingerprint density at radius 3 is 2.56 bits per heavy atom. The van der Waals surface area contributed by atoms with E-state index in [0.29, 0.717) is 19.6 Å². The fourth-order valence-corrected chi connectivity index (χ4v) is 2.29. The van der Waals surface area contributed by atoms with Gasteiger partial charge in [0.05, 0.1) is 5.69 Å². The molecule has 0 unspecified atom stereocenters. The van der Waals surface area contributed by atoms with Gasteiger partial charge in [-0.25, -0.2) is 4.68 Å². The number of hydrogen-bond acceptors (Lipinski definition) is 3. The molecule has 0 aliphatic rings. The maximum absolute atomic E-state index is 10.9. The van der Waals surface area contributed by atoms with Crippen molar-refractivity contribution in [2.45, 2.75) is 20.3 Å². The van der Waals surface area contributed by atoms with Crippen LogP contribution in [0.5, 0.6) is 0 Å². The van der Waals surface area contributed by atoms with Crippen LogP contribution in [0, 0.1) is 0 Å². The summed E-state index contributed by atoms with van der Waals surface area (Å²) in [7, 11) is 0. The second-order valence-corrected chi connectivity index (χ2v) is 5.54. The van der Waals surface area contributed by atoms with Crippen LogP contribution in [-0.4, -0.2) is 47.8 Å². The molecular formula is C18H26N6O. The van der Waals surface area contributed by atoms with Gasteiger partial charge in [-0.15, -0.1) is 0 Å². The van der Waals surface area contributed by atoms with Crippen LogP contribution in [-0.2, 0) is 11.2 Å². The van der Waals surface area contributed by atoms with Crippen molar-refractivity contribution in [2.75, 3.05) is 26.2 Å². The number of rotatable bonds is 8. The van der Waals surface area contributed by atoms with Crippen LogP contribution in [0.15, 0.2) is 47.7 Å². The molecule has 0 radical (unpaired) electrons. The Bertz CT molecular complexity index is 663. The summed E-state index contributed by atoms with van der Waals surface area (Å²) in [6.07, 6.45) is 4.56. The monoisotopic (exact) mass is 342 g/mol. The summed E-state index contributed by atoms with van der Waals surface area (Å²) in [5, 5.41) is 13.4. The molecule has 2 aromatic rings. The number of aliphatic imine (C=N–C) groups is 1. The fourth-order valence-electron chi connectivity index (χ4n) is 2.29. The molecule has 0 aliphatic carbocycles. The third-order valence-corrected chi connectivity index (χ3v) is 3.51. The summed E-state index contributed by atoms with van der Waals surface area (Å²) in [4.78, 5) is 15.4. The van der Waals surface area contributed by atoms with Gasteiger partial charge in [0.25, 0.3) is 0 Å². The van der Waals surface area contributed by atoms with Crippen molar-refractivity contribution in [1.29, 1.82) is 0 Å². The van der Waals surface area contributed by atoms with Gasteiger partial charge in [-0.3, -0.25) is 9.79 Å². The summed E-state index contributed by atoms with van der Waals surface area (Å²) in [5.41, 5.74) is 2.28. The highest BCUT2D eigenvalue weighted by Crippen LogP contribution is 2.09. The SMILES string of the molecule is CCNC(=NCCc1ccc(-n2cccn2)cc1)NCCNC(C)=O. The van der Waals surface area contributed by atoms with Crippen molar-refractivity contribution >= 4 is 11.9 Å². The lowest BCUT2D eigenvalue weighted by atomic mass is 10.1. The number of carbonyl (C=O) groups excluding carboxylic acids is 1. The van der Waals surface area contributed by atoms with Gasteiger partial charge in [-0.05, 0) is 37.1 Å². The quantitative estimate of drug-likeness (QED) is 0.381. The molecule has 0 fully saturated rings. The summed E-state index contributed by atoms with van der Waals surface area (Å²) in [6.45, 7) is 6.25. The zero-order valence-electron chi connectivity index (χ0n) is 14.8. The predicted molar refractivity (Wildman–Crippen MR) is 99.9 cm³/mol. The average Bonchev–Trinajstić information content (AvgIpc) is 3.13. The van der Waals surface area contributed by atoms with Crippen LogP contribution in [0.1, 0.15) is 19.4 Å². The molecule has 1 aromatic carbocycles. The first-order valence-electron chi connectivity index (χ1n) is 8.54. The molecule has 0 saturated heterocycles. The summed E-state index contributed by atoms with van der Waals surface area (Å²) >= 11 is 0. The Morgan fingerprint density at radius 1 is 1.16 bits per heavy atom. The van der Waals surface area contributed by atoms with Crippen LogP contribution in [0.4, 0.5) is 0 Å². The van der Waals surface area contributed by atoms with Crippen molar-refractivity contribution < 1.29 is 4.79 Å². The summed E-state index contributed by atoms with van der Waals surface area (Å²) in [6, 6.07) is 10.2. The van der Waals surface area contributed by atoms with Crippen molar-refractivity contribution in [3.63, 3.8) is 0 Å². The van der Waals surface area contributed by atoms with E-state index in [2.05, 4.69) is 50.3 Å². The molecule has 0 atom stereocenters. The Morgan fingerprint density at radius 2 is 1.92 bits per heavy atom. The Hall–Kier alpha value is -2.83. The molecule has 0 bridgehead atoms. The van der Waals surface area contributed by atoms with Crippen molar-refractivity contribution in [3.05, 3.63) is 48.3 Å². The van der Waals surface area contributed by atoms with E-state index in [1.54, 1.807) is 6.20 Å². The number of aromatic nitrogens is 2. The van der Waals surface area contributed by atoms with E-state index in [1.165, 1.54) is 12.5 Å². The Kier molecular flexibility index (Phi) is 7.49. The molecule has 0 saturated carbocycles. The number of guanidine groups is 1. The average molecular weight is 342 g/mol. The topological polar surface area (TPSA) is 83.3 Å². The van der Waals surface area contributed by atoms with Crippen molar-refractivity contribution in [3.8, 4) is 5.69 Å². The Labute approximate surface area is 148 Å². The zero-order valence-corrected chi connectivity index (χ0v) is 14.8. The van der Waals surface area contributed by atoms with E-state index in [1.807, 2.05) is 23.9 Å². The van der Waals surface area contributed by atoms with Crippen LogP contribution >= 0.6 is 0 Å². The lowest BCUT2D eigenvalue weighted by Crippen LogP contribution is -2.41. The number of hydrogen-bond donors (Lipinski definition) is 3. The highest BCUT2D eigenvalue weighted by Gasteiger charge is 1.99. The van der Waals surface area contributed by atoms with Gasteiger partial charge in [0.15, 0.2) is 5.96 Å². The van der Waals surface area contributed by atoms with Gasteiger partial charge < -0.3 is 16.0 Å². The largest absolute Gasteiger partial charge is 0.357 e. The van der Waals surface area contributed by atoms with Gasteiger partial charge in [0, 0.05) is 45.5 Å². The number of nitrogens with zero attached hydrogens (tertiary/aromatic N) is 3. The second kappa shape index (κ2) is 10.1. The van der Waals surface area contributed by atoms with E-state index >= 15 is 0 Å². The molecule has 134 valence electrons. The first-order valence-corrected chi connectivity index (χ1v) is 8.54. The van der Waals surface area contributed by atoms with E-state index in [-0.39, 0.29) is 5.91 Å². The number of carbonyl (C=O) groups is 1. The number of amides is 1. The lowest BCUT2D eigenvalue weighted by Gasteiger charge is -2.11. The van der Waals surface area contributed by atoms with Crippen LogP contribution < -0.4 is 16.0 Å². The molecule has 1 heterocycles. The van der Waals surface area contributed by atoms with E-state index in [9.17, 15) is 4.79 Å². The smallest absolute Gasteiger partial charge is 0.216 e. The molecule has 2 rings (SSSR count). The molecule has 0 spiro atoms. The number of benzene rings is 1. The number of nitrogens with one attached hydrogen (secondary N) is 3. The maximum Gasteiger partial charge on any atom is 0.216 e. The highest BCUT2D eigenvalue weighted by atomic mass is 16.1. The van der Waals surface area contributed by atoms with Crippen LogP contribution in [0.25, 0.3) is 5.69 Å². The third kappa shape index (κ3) is 6.66. The van der Waals surface area contributed by atoms with Crippen LogP contribution in [0.3, 0.4) is 0 Å². The normalized spacial score (nSPS) is 11.2. The van der Waals surface area contributed by atoms with Gasteiger partial charge in [0.2, 0.25) is 5.91 Å². The first kappa shape index (κ1) is 18.5. The van der Waals surface area contributed by atoms with Crippen molar-refractivity contribution in [1.82, 2.24) is 25.7 Å². The molecule has 25 heavy (non-hydrogen) atoms. The molecule has 7 heteroatoms. The molecule has 0 aliphatic heterocycles. The molecule has 3 N–H and O–H groups in total. The lowest BCUT2D eigenvalue weighted by molar-refractivity contribution is -0.118. The van der Waals surface area contributed by atoms with Gasteiger partial charge in [-0.2, -0.15) is 5.10 Å². The van der Waals surface area contributed by atoms with Gasteiger partial charge in [-0.1, -0.05) is 12.1 Å². The second-order valence-electron chi connectivity index (χ2n) is 5.54. The fraction of sp³-hybridized carbons (Fsp3) is 0.389. The molecule has 7 nitrogen and oxygen atoms in total. The van der Waals surface area contributed by atoms with Crippen LogP contribution in [0.2, 0.25) is 0 Å². The predicted octanol–water partition coefficient (Wildman–Crippen LogP) is 1.11. The van der Waals surface area contributed by atoms with Gasteiger partial charge >= 0.3 is 0 Å². The zero-order chi connectivity index (χ0) is 17.9. The van der Waals surface area contributed by atoms with E-state index in [0.717, 1.165) is 24.6 Å². The van der Waals surface area contributed by atoms with E-state index < -0.39 is 0 Å². The maximum atomic E-state index is 10.9. The Balaban J connectivity index is 1.80. The minimum Gasteiger partial charge on any atom is -0.357 e. The third-order valence-electron chi connectivity index (χ3n) is 3.51. The minimum absolute atomic E-state index is 0.0256. The summed E-state index contributed by atoms with van der Waals surface area (Å²) in [5.74, 6) is 0.739. The standard InChI is InChI=1S/C18H26N6O/c1-3-19-18(22-13-12-20-15(2)25)21-11-9-16-5-7-17(8-6-16)24-14-4-10-23-24/h4-8,10,14H,3,9,11-13H2,1-2H3,(H,20,25)(H2,19,21,22). The molecular weight excluding hydrogens is 316 g/mol. The minimum atomic E-state index is -0.0256. The molecule has 1 amide bonds. The van der Waals surface area contributed by atoms with Crippen molar-refractivity contribution in [2.24, 2.45) is 4.99 Å². The van der Waals surface area contributed by atoms with E-state index in [4.69, 9.17) is 0 Å². The molecule has 1 aromatic heterocycles.